The van der Waals surface area contributed by atoms with Gasteiger partial charge in [0.2, 0.25) is 0 Å². The fourth-order valence-corrected chi connectivity index (χ4v) is 3.25. The molecule has 0 spiro atoms. The van der Waals surface area contributed by atoms with E-state index in [4.69, 9.17) is 10.5 Å². The van der Waals surface area contributed by atoms with Gasteiger partial charge in [-0.15, -0.1) is 11.3 Å². The largest absolute Gasteiger partial charge is 0.489 e. The van der Waals surface area contributed by atoms with E-state index in [1.165, 1.54) is 0 Å². The summed E-state index contributed by atoms with van der Waals surface area (Å²) in [5.41, 5.74) is 7.61. The number of nitrogen functional groups attached to an aromatic ring is 1. The highest BCUT2D eigenvalue weighted by molar-refractivity contribution is 8.01. The van der Waals surface area contributed by atoms with Gasteiger partial charge in [-0.2, -0.15) is 0 Å². The first-order valence-corrected chi connectivity index (χ1v) is 7.40. The number of ether oxygens (including phenoxy) is 1. The van der Waals surface area contributed by atoms with Crippen molar-refractivity contribution in [3.8, 4) is 5.75 Å². The SMILES string of the molecule is Cc1csc(Sc2ccc(N)c(OC(C)C)c2)n1. The highest BCUT2D eigenvalue weighted by Crippen LogP contribution is 2.34. The Labute approximate surface area is 115 Å². The van der Waals surface area contributed by atoms with Crippen molar-refractivity contribution in [2.75, 3.05) is 5.73 Å². The molecule has 2 rings (SSSR count). The van der Waals surface area contributed by atoms with E-state index < -0.39 is 0 Å². The highest BCUT2D eigenvalue weighted by atomic mass is 32.2. The van der Waals surface area contributed by atoms with E-state index in [2.05, 4.69) is 4.98 Å². The van der Waals surface area contributed by atoms with Gasteiger partial charge in [-0.05, 0) is 39.0 Å². The third kappa shape index (κ3) is 3.40. The second-order valence-corrected chi connectivity index (χ2v) is 6.40. The smallest absolute Gasteiger partial charge is 0.154 e. The van der Waals surface area contributed by atoms with Crippen LogP contribution in [0.25, 0.3) is 0 Å². The fourth-order valence-electron chi connectivity index (χ4n) is 1.41. The quantitative estimate of drug-likeness (QED) is 0.861. The lowest BCUT2D eigenvalue weighted by Crippen LogP contribution is -2.07. The molecule has 96 valence electrons. The van der Waals surface area contributed by atoms with E-state index in [0.29, 0.717) is 5.69 Å². The molecule has 0 radical (unpaired) electrons. The molecular formula is C13H16N2OS2. The Morgan fingerprint density at radius 1 is 1.39 bits per heavy atom. The minimum atomic E-state index is 0.120. The summed E-state index contributed by atoms with van der Waals surface area (Å²) in [5, 5.41) is 2.05. The average molecular weight is 280 g/mol. The van der Waals surface area contributed by atoms with E-state index >= 15 is 0 Å². The van der Waals surface area contributed by atoms with Crippen molar-refractivity contribution in [2.45, 2.75) is 36.1 Å². The van der Waals surface area contributed by atoms with E-state index in [1.807, 2.05) is 44.4 Å². The van der Waals surface area contributed by atoms with Crippen LogP contribution in [0.1, 0.15) is 19.5 Å². The number of hydrogen-bond donors (Lipinski definition) is 1. The van der Waals surface area contributed by atoms with Crippen molar-refractivity contribution in [1.82, 2.24) is 4.98 Å². The number of nitrogens with zero attached hydrogens (tertiary/aromatic N) is 1. The van der Waals surface area contributed by atoms with Crippen LogP contribution >= 0.6 is 23.1 Å². The Balaban J connectivity index is 2.18. The van der Waals surface area contributed by atoms with Crippen molar-refractivity contribution in [2.24, 2.45) is 0 Å². The third-order valence-corrected chi connectivity index (χ3v) is 4.20. The molecule has 0 saturated carbocycles. The molecule has 1 aromatic heterocycles. The number of aryl methyl sites for hydroxylation is 1. The normalized spacial score (nSPS) is 10.9. The highest BCUT2D eigenvalue weighted by Gasteiger charge is 2.07. The summed E-state index contributed by atoms with van der Waals surface area (Å²) in [4.78, 5) is 5.52. The third-order valence-electron chi connectivity index (χ3n) is 2.15. The van der Waals surface area contributed by atoms with Crippen LogP contribution in [0.15, 0.2) is 32.8 Å². The molecule has 0 unspecified atom stereocenters. The first-order valence-electron chi connectivity index (χ1n) is 5.71. The summed E-state index contributed by atoms with van der Waals surface area (Å²) in [7, 11) is 0. The van der Waals surface area contributed by atoms with E-state index in [9.17, 15) is 0 Å². The summed E-state index contributed by atoms with van der Waals surface area (Å²) in [6.45, 7) is 5.98. The van der Waals surface area contributed by atoms with Gasteiger partial charge in [0.05, 0.1) is 11.8 Å². The molecule has 2 N–H and O–H groups in total. The minimum absolute atomic E-state index is 0.120. The molecule has 0 saturated heterocycles. The topological polar surface area (TPSA) is 48.1 Å². The number of nitrogens with two attached hydrogens (primary N) is 1. The van der Waals surface area contributed by atoms with Gasteiger partial charge in [-0.1, -0.05) is 11.8 Å². The lowest BCUT2D eigenvalue weighted by atomic mass is 10.3. The summed E-state index contributed by atoms with van der Waals surface area (Å²) in [6.07, 6.45) is 0.120. The summed E-state index contributed by atoms with van der Waals surface area (Å²) >= 11 is 3.28. The zero-order valence-corrected chi connectivity index (χ0v) is 12.3. The molecular weight excluding hydrogens is 264 g/mol. The van der Waals surface area contributed by atoms with Crippen LogP contribution in [0.4, 0.5) is 5.69 Å². The van der Waals surface area contributed by atoms with Crippen LogP contribution in [0, 0.1) is 6.92 Å². The zero-order chi connectivity index (χ0) is 13.1. The molecule has 3 nitrogen and oxygen atoms in total. The molecule has 0 amide bonds. The maximum atomic E-state index is 5.89. The van der Waals surface area contributed by atoms with Crippen LogP contribution in [-0.2, 0) is 0 Å². The van der Waals surface area contributed by atoms with Crippen LogP contribution in [0.5, 0.6) is 5.75 Å². The molecule has 0 fully saturated rings. The first kappa shape index (κ1) is 13.2. The molecule has 5 heteroatoms. The second-order valence-electron chi connectivity index (χ2n) is 4.22. The molecule has 0 atom stereocenters. The number of benzene rings is 1. The Morgan fingerprint density at radius 2 is 2.17 bits per heavy atom. The van der Waals surface area contributed by atoms with Crippen molar-refractivity contribution in [3.05, 3.63) is 29.3 Å². The molecule has 2 aromatic rings. The lowest BCUT2D eigenvalue weighted by molar-refractivity contribution is 0.243. The lowest BCUT2D eigenvalue weighted by Gasteiger charge is -2.12. The molecule has 0 aliphatic rings. The zero-order valence-electron chi connectivity index (χ0n) is 10.6. The number of thiazole rings is 1. The maximum absolute atomic E-state index is 5.89. The van der Waals surface area contributed by atoms with Crippen molar-refractivity contribution in [1.29, 1.82) is 0 Å². The predicted molar refractivity (Wildman–Crippen MR) is 77.6 cm³/mol. The standard InChI is InChI=1S/C13H16N2OS2/c1-8(2)16-12-6-10(4-5-11(12)14)18-13-15-9(3)7-17-13/h4-8H,14H2,1-3H3. The van der Waals surface area contributed by atoms with Crippen LogP contribution in [-0.4, -0.2) is 11.1 Å². The van der Waals surface area contributed by atoms with Crippen molar-refractivity contribution < 1.29 is 4.74 Å². The van der Waals surface area contributed by atoms with Crippen molar-refractivity contribution in [3.63, 3.8) is 0 Å². The number of aromatic nitrogens is 1. The number of rotatable bonds is 4. The van der Waals surface area contributed by atoms with Gasteiger partial charge in [0, 0.05) is 16.0 Å². The Hall–Kier alpha value is -1.20. The Morgan fingerprint density at radius 3 is 2.78 bits per heavy atom. The molecule has 1 aromatic carbocycles. The van der Waals surface area contributed by atoms with Gasteiger partial charge in [0.1, 0.15) is 5.75 Å². The summed E-state index contributed by atoms with van der Waals surface area (Å²) in [6, 6.07) is 5.83. The van der Waals surface area contributed by atoms with Crippen molar-refractivity contribution >= 4 is 28.8 Å². The second kappa shape index (κ2) is 5.63. The summed E-state index contributed by atoms with van der Waals surface area (Å²) < 4.78 is 6.71. The van der Waals surface area contributed by atoms with Gasteiger partial charge in [-0.3, -0.25) is 0 Å². The van der Waals surface area contributed by atoms with Gasteiger partial charge >= 0.3 is 0 Å². The predicted octanol–water partition coefficient (Wildman–Crippen LogP) is 3.97. The number of anilines is 1. The maximum Gasteiger partial charge on any atom is 0.154 e. The molecule has 0 aliphatic heterocycles. The van der Waals surface area contributed by atoms with Crippen LogP contribution in [0.2, 0.25) is 0 Å². The van der Waals surface area contributed by atoms with Gasteiger partial charge in [0.15, 0.2) is 4.34 Å². The van der Waals surface area contributed by atoms with Gasteiger partial charge in [0.25, 0.3) is 0 Å². The Bertz CT molecular complexity index is 538. The van der Waals surface area contributed by atoms with E-state index in [-0.39, 0.29) is 6.10 Å². The molecule has 0 bridgehead atoms. The number of hydrogen-bond acceptors (Lipinski definition) is 5. The monoisotopic (exact) mass is 280 g/mol. The Kier molecular flexibility index (Phi) is 4.14. The van der Waals surface area contributed by atoms with E-state index in [1.54, 1.807) is 23.1 Å². The van der Waals surface area contributed by atoms with Crippen LogP contribution < -0.4 is 10.5 Å². The van der Waals surface area contributed by atoms with Crippen LogP contribution in [0.3, 0.4) is 0 Å². The molecule has 0 aliphatic carbocycles. The minimum Gasteiger partial charge on any atom is -0.489 e. The molecule has 18 heavy (non-hydrogen) atoms. The summed E-state index contributed by atoms with van der Waals surface area (Å²) in [5.74, 6) is 0.739. The van der Waals surface area contributed by atoms with Gasteiger partial charge < -0.3 is 10.5 Å². The van der Waals surface area contributed by atoms with Gasteiger partial charge in [-0.25, -0.2) is 4.98 Å². The van der Waals surface area contributed by atoms with E-state index in [0.717, 1.165) is 20.7 Å². The average Bonchev–Trinajstić information content (AvgIpc) is 2.68. The molecule has 1 heterocycles. The first-order chi connectivity index (χ1) is 8.54. The fraction of sp³-hybridized carbons (Fsp3) is 0.308.